The molecule has 1 aromatic heterocycles. The molecule has 0 radical (unpaired) electrons. The van der Waals surface area contributed by atoms with Gasteiger partial charge in [-0.15, -0.1) is 23.1 Å². The van der Waals surface area contributed by atoms with Crippen LogP contribution in [-0.2, 0) is 17.6 Å². The normalized spacial score (nSPS) is 17.7. The largest absolute Gasteiger partial charge is 0.298 e. The van der Waals surface area contributed by atoms with E-state index in [2.05, 4.69) is 29.6 Å². The number of ketones is 1. The number of aryl methyl sites for hydroxylation is 1. The highest BCUT2D eigenvalue weighted by Gasteiger charge is 2.27. The molecule has 3 rings (SSSR count). The molecule has 1 aliphatic heterocycles. The molecule has 0 saturated heterocycles. The quantitative estimate of drug-likeness (QED) is 0.839. The van der Waals surface area contributed by atoms with Crippen LogP contribution in [0, 0.1) is 0 Å². The van der Waals surface area contributed by atoms with Crippen LogP contribution in [0.15, 0.2) is 46.7 Å². The lowest BCUT2D eigenvalue weighted by Gasteiger charge is -2.06. The van der Waals surface area contributed by atoms with Gasteiger partial charge >= 0.3 is 0 Å². The van der Waals surface area contributed by atoms with Crippen molar-refractivity contribution in [2.75, 3.05) is 0 Å². The summed E-state index contributed by atoms with van der Waals surface area (Å²) in [7, 11) is 0. The molecule has 0 aliphatic carbocycles. The van der Waals surface area contributed by atoms with E-state index in [0.29, 0.717) is 12.2 Å². The highest BCUT2D eigenvalue weighted by Crippen LogP contribution is 2.37. The Balaban J connectivity index is 1.59. The van der Waals surface area contributed by atoms with E-state index in [9.17, 15) is 4.79 Å². The molecule has 3 heteroatoms. The Morgan fingerprint density at radius 3 is 2.89 bits per heavy atom. The fourth-order valence-corrected chi connectivity index (χ4v) is 4.21. The molecule has 2 aromatic rings. The van der Waals surface area contributed by atoms with Gasteiger partial charge in [0.1, 0.15) is 5.78 Å². The lowest BCUT2D eigenvalue weighted by molar-refractivity contribution is -0.118. The van der Waals surface area contributed by atoms with Gasteiger partial charge in [0.15, 0.2) is 0 Å². The zero-order chi connectivity index (χ0) is 12.4. The van der Waals surface area contributed by atoms with Crippen LogP contribution < -0.4 is 0 Å². The van der Waals surface area contributed by atoms with E-state index in [1.165, 1.54) is 15.3 Å². The number of thiophene rings is 1. The lowest BCUT2D eigenvalue weighted by atomic mass is 10.0. The van der Waals surface area contributed by atoms with Crippen LogP contribution in [0.5, 0.6) is 0 Å². The maximum absolute atomic E-state index is 12.2. The molecular weight excluding hydrogens is 260 g/mol. The minimum Gasteiger partial charge on any atom is -0.298 e. The molecule has 0 bridgehead atoms. The van der Waals surface area contributed by atoms with E-state index in [4.69, 9.17) is 0 Å². The summed E-state index contributed by atoms with van der Waals surface area (Å²) < 4.78 is 0. The Bertz CT molecular complexity index is 520. The van der Waals surface area contributed by atoms with Gasteiger partial charge in [0.25, 0.3) is 0 Å². The number of hydrogen-bond donors (Lipinski definition) is 0. The van der Waals surface area contributed by atoms with Crippen LogP contribution in [0.1, 0.15) is 16.9 Å². The van der Waals surface area contributed by atoms with Crippen molar-refractivity contribution < 1.29 is 4.79 Å². The van der Waals surface area contributed by atoms with Crippen LogP contribution in [-0.4, -0.2) is 11.0 Å². The Kier molecular flexibility index (Phi) is 3.52. The van der Waals surface area contributed by atoms with E-state index in [-0.39, 0.29) is 5.25 Å². The van der Waals surface area contributed by atoms with Crippen molar-refractivity contribution in [1.29, 1.82) is 0 Å². The van der Waals surface area contributed by atoms with Crippen LogP contribution in [0.3, 0.4) is 0 Å². The third kappa shape index (κ3) is 2.52. The topological polar surface area (TPSA) is 17.1 Å². The van der Waals surface area contributed by atoms with Crippen molar-refractivity contribution in [2.24, 2.45) is 0 Å². The number of thioether (sulfide) groups is 1. The van der Waals surface area contributed by atoms with E-state index < -0.39 is 0 Å². The fourth-order valence-electron chi connectivity index (χ4n) is 2.22. The molecule has 0 amide bonds. The summed E-state index contributed by atoms with van der Waals surface area (Å²) in [6.45, 7) is 0. The van der Waals surface area contributed by atoms with Crippen molar-refractivity contribution in [3.05, 3.63) is 52.2 Å². The van der Waals surface area contributed by atoms with Crippen LogP contribution in [0.25, 0.3) is 0 Å². The Morgan fingerprint density at radius 2 is 2.11 bits per heavy atom. The Labute approximate surface area is 115 Å². The molecule has 18 heavy (non-hydrogen) atoms. The highest BCUT2D eigenvalue weighted by atomic mass is 32.2. The maximum atomic E-state index is 12.2. The average Bonchev–Trinajstić information content (AvgIpc) is 3.04. The number of Topliss-reactive ketones (excluding diaryl/α,β-unsaturated/α-hetero) is 1. The molecule has 0 N–H and O–H groups in total. The van der Waals surface area contributed by atoms with Crippen molar-refractivity contribution in [3.8, 4) is 0 Å². The number of carbonyl (C=O) groups excluding carboxylic acids is 1. The van der Waals surface area contributed by atoms with Crippen molar-refractivity contribution in [2.45, 2.75) is 29.4 Å². The second-order valence-corrected chi connectivity index (χ2v) is 6.74. The van der Waals surface area contributed by atoms with Gasteiger partial charge in [0.2, 0.25) is 0 Å². The molecular formula is C15H14OS2. The van der Waals surface area contributed by atoms with E-state index >= 15 is 0 Å². The van der Waals surface area contributed by atoms with Gasteiger partial charge < -0.3 is 0 Å². The number of carbonyl (C=O) groups is 1. The molecule has 0 fully saturated rings. The minimum absolute atomic E-state index is 0.141. The summed E-state index contributed by atoms with van der Waals surface area (Å²) in [4.78, 5) is 14.8. The first kappa shape index (κ1) is 12.0. The van der Waals surface area contributed by atoms with Gasteiger partial charge in [-0.2, -0.15) is 0 Å². The fraction of sp³-hybridized carbons (Fsp3) is 0.267. The first-order valence-corrected chi connectivity index (χ1v) is 7.88. The van der Waals surface area contributed by atoms with Crippen molar-refractivity contribution >= 4 is 28.9 Å². The summed E-state index contributed by atoms with van der Waals surface area (Å²) in [5, 5.41) is 2.21. The van der Waals surface area contributed by atoms with Crippen LogP contribution in [0.4, 0.5) is 0 Å². The van der Waals surface area contributed by atoms with Crippen molar-refractivity contribution in [1.82, 2.24) is 0 Å². The predicted octanol–water partition coefficient (Wildman–Crippen LogP) is 3.97. The van der Waals surface area contributed by atoms with Gasteiger partial charge in [-0.1, -0.05) is 24.3 Å². The lowest BCUT2D eigenvalue weighted by Crippen LogP contribution is -2.16. The molecule has 1 aromatic carbocycles. The monoisotopic (exact) mass is 274 g/mol. The summed E-state index contributed by atoms with van der Waals surface area (Å²) in [5.41, 5.74) is 1.33. The maximum Gasteiger partial charge on any atom is 0.146 e. The molecule has 92 valence electrons. The van der Waals surface area contributed by atoms with Gasteiger partial charge in [-0.25, -0.2) is 0 Å². The number of hydrogen-bond acceptors (Lipinski definition) is 3. The van der Waals surface area contributed by atoms with Gasteiger partial charge in [0, 0.05) is 16.2 Å². The third-order valence-electron chi connectivity index (χ3n) is 3.20. The summed E-state index contributed by atoms with van der Waals surface area (Å²) in [6.07, 6.45) is 2.47. The summed E-state index contributed by atoms with van der Waals surface area (Å²) in [5.74, 6) is 0.393. The predicted molar refractivity (Wildman–Crippen MR) is 77.4 cm³/mol. The van der Waals surface area contributed by atoms with Crippen LogP contribution in [0.2, 0.25) is 0 Å². The SMILES string of the molecule is O=C(CCc1cccs1)C1Cc2ccccc2S1. The smallest absolute Gasteiger partial charge is 0.146 e. The number of benzene rings is 1. The molecule has 1 aliphatic rings. The Hall–Kier alpha value is -1.06. The third-order valence-corrected chi connectivity index (χ3v) is 5.51. The summed E-state index contributed by atoms with van der Waals surface area (Å²) >= 11 is 3.47. The number of rotatable bonds is 4. The highest BCUT2D eigenvalue weighted by molar-refractivity contribution is 8.01. The second-order valence-electron chi connectivity index (χ2n) is 4.46. The first-order valence-electron chi connectivity index (χ1n) is 6.12. The molecule has 1 atom stereocenters. The van der Waals surface area contributed by atoms with Crippen molar-refractivity contribution in [3.63, 3.8) is 0 Å². The molecule has 0 spiro atoms. The standard InChI is InChI=1S/C15H14OS2/c16-13(8-7-12-5-3-9-17-12)15-10-11-4-1-2-6-14(11)18-15/h1-6,9,15H,7-8,10H2. The van der Waals surface area contributed by atoms with Gasteiger partial charge in [0.05, 0.1) is 5.25 Å². The van der Waals surface area contributed by atoms with E-state index in [1.807, 2.05) is 12.1 Å². The molecule has 1 unspecified atom stereocenters. The molecule has 0 saturated carbocycles. The zero-order valence-corrected chi connectivity index (χ0v) is 11.6. The molecule has 1 nitrogen and oxygen atoms in total. The van der Waals surface area contributed by atoms with Gasteiger partial charge in [-0.05, 0) is 35.9 Å². The minimum atomic E-state index is 0.141. The van der Waals surface area contributed by atoms with Crippen LogP contribution >= 0.6 is 23.1 Å². The first-order chi connectivity index (χ1) is 8.83. The summed E-state index contributed by atoms with van der Waals surface area (Å²) in [6, 6.07) is 12.5. The molecule has 2 heterocycles. The zero-order valence-electron chi connectivity index (χ0n) is 9.96. The average molecular weight is 274 g/mol. The number of fused-ring (bicyclic) bond motifs is 1. The Morgan fingerprint density at radius 1 is 1.22 bits per heavy atom. The van der Waals surface area contributed by atoms with E-state index in [1.54, 1.807) is 23.1 Å². The van der Waals surface area contributed by atoms with E-state index in [0.717, 1.165) is 12.8 Å². The second kappa shape index (κ2) is 5.29. The van der Waals surface area contributed by atoms with Gasteiger partial charge in [-0.3, -0.25) is 4.79 Å².